The van der Waals surface area contributed by atoms with Crippen LogP contribution < -0.4 is 27.3 Å². The van der Waals surface area contributed by atoms with Crippen molar-refractivity contribution in [2.45, 2.75) is 0 Å². The molecule has 10 radical (unpaired) electrons. The summed E-state index contributed by atoms with van der Waals surface area (Å²) in [6.07, 6.45) is 0. The molecular formula is C51H26B5N3O2. The SMILES string of the molecule is [B]c1c([B])c([B])c(-c2ccc(-c3ccc(-c4ccc5c(c4)oc4cccc(-c6nc(-c7ccccc7)nc(-c7cccc8c7oc7ccccc78)n6)c45)cc3)cc2)c([B])c1[B]. The zero-order valence-electron chi connectivity index (χ0n) is 32.6. The van der Waals surface area contributed by atoms with Crippen LogP contribution in [0, 0.1) is 0 Å². The highest BCUT2D eigenvalue weighted by atomic mass is 16.3. The van der Waals surface area contributed by atoms with Gasteiger partial charge in [0.25, 0.3) is 0 Å². The maximum atomic E-state index is 6.55. The van der Waals surface area contributed by atoms with Crippen molar-refractivity contribution >= 4 is 110 Å². The van der Waals surface area contributed by atoms with E-state index in [0.29, 0.717) is 34.0 Å². The average Bonchev–Trinajstić information content (AvgIpc) is 3.89. The van der Waals surface area contributed by atoms with Gasteiger partial charge in [-0.25, -0.2) is 15.0 Å². The fourth-order valence-electron chi connectivity index (χ4n) is 8.29. The molecule has 0 spiro atoms. The number of rotatable bonds is 6. The fraction of sp³-hybridized carbons (Fsp3) is 0. The summed E-state index contributed by atoms with van der Waals surface area (Å²) in [5.41, 5.74) is 12.3. The first-order chi connectivity index (χ1) is 29.8. The standard InChI is InChI=1S/C51H26B5N3O2/c52-43-41(44(53)46(55)47(56)45(43)54)30-22-20-28(21-23-30)27-16-18-29(19-17-27)32-24-25-35-40(26-32)60-39-15-7-12-36(42(35)39)50-57-49(31-8-2-1-3-9-31)58-51(59-50)37-13-6-11-34-33-10-4-5-14-38(33)61-48(34)37/h1-26H. The molecule has 272 valence electrons. The van der Waals surface area contributed by atoms with Crippen molar-refractivity contribution in [2.24, 2.45) is 0 Å². The molecule has 0 aliphatic heterocycles. The predicted molar refractivity (Wildman–Crippen MR) is 254 cm³/mol. The zero-order chi connectivity index (χ0) is 41.4. The third-order valence-corrected chi connectivity index (χ3v) is 11.5. The van der Waals surface area contributed by atoms with Gasteiger partial charge in [0.2, 0.25) is 0 Å². The maximum absolute atomic E-state index is 6.55. The second-order valence-electron chi connectivity index (χ2n) is 15.0. The smallest absolute Gasteiger partial charge is 0.167 e. The van der Waals surface area contributed by atoms with Gasteiger partial charge in [0.15, 0.2) is 17.5 Å². The Labute approximate surface area is 358 Å². The van der Waals surface area contributed by atoms with Crippen molar-refractivity contribution < 1.29 is 8.83 Å². The summed E-state index contributed by atoms with van der Waals surface area (Å²) in [4.78, 5) is 15.2. The molecule has 0 saturated heterocycles. The third kappa shape index (κ3) is 6.12. The van der Waals surface area contributed by atoms with Crippen LogP contribution in [0.15, 0.2) is 167 Å². The summed E-state index contributed by atoms with van der Waals surface area (Å²) in [5, 5.41) is 3.93. The Kier molecular flexibility index (Phi) is 8.71. The normalized spacial score (nSPS) is 11.6. The van der Waals surface area contributed by atoms with E-state index in [0.717, 1.165) is 88.4 Å². The first-order valence-corrected chi connectivity index (χ1v) is 19.7. The Morgan fingerprint density at radius 1 is 0.328 bits per heavy atom. The van der Waals surface area contributed by atoms with E-state index in [1.807, 2.05) is 103 Å². The Bertz CT molecular complexity index is 3500. The van der Waals surface area contributed by atoms with Crippen molar-refractivity contribution in [1.29, 1.82) is 0 Å². The van der Waals surface area contributed by atoms with Crippen molar-refractivity contribution in [3.8, 4) is 67.5 Å². The van der Waals surface area contributed by atoms with Gasteiger partial charge in [0.05, 0.1) is 5.56 Å². The van der Waals surface area contributed by atoms with Crippen LogP contribution in [0.1, 0.15) is 0 Å². The topological polar surface area (TPSA) is 65.0 Å². The van der Waals surface area contributed by atoms with E-state index >= 15 is 0 Å². The molecule has 61 heavy (non-hydrogen) atoms. The Balaban J connectivity index is 0.960. The monoisotopic (exact) mass is 767 g/mol. The molecular weight excluding hydrogens is 741 g/mol. The lowest BCUT2D eigenvalue weighted by atomic mass is 9.59. The van der Waals surface area contributed by atoms with Crippen molar-refractivity contribution in [2.75, 3.05) is 0 Å². The van der Waals surface area contributed by atoms with Gasteiger partial charge in [-0.2, -0.15) is 0 Å². The molecule has 3 heterocycles. The molecule has 0 unspecified atom stereocenters. The lowest BCUT2D eigenvalue weighted by molar-refractivity contribution is 0.668. The number of aromatic nitrogens is 3. The van der Waals surface area contributed by atoms with Crippen LogP contribution in [0.3, 0.4) is 0 Å². The molecule has 0 atom stereocenters. The van der Waals surface area contributed by atoms with E-state index in [1.54, 1.807) is 0 Å². The number of hydrogen-bond acceptors (Lipinski definition) is 5. The van der Waals surface area contributed by atoms with Gasteiger partial charge >= 0.3 is 0 Å². The van der Waals surface area contributed by atoms with E-state index < -0.39 is 0 Å². The number of benzene rings is 8. The molecule has 11 rings (SSSR count). The molecule has 0 bridgehead atoms. The number of fused-ring (bicyclic) bond motifs is 6. The maximum Gasteiger partial charge on any atom is 0.167 e. The lowest BCUT2D eigenvalue weighted by Gasteiger charge is -2.21. The van der Waals surface area contributed by atoms with Crippen LogP contribution in [0.25, 0.3) is 111 Å². The van der Waals surface area contributed by atoms with Crippen molar-refractivity contribution in [3.05, 3.63) is 158 Å². The molecule has 11 aromatic rings. The summed E-state index contributed by atoms with van der Waals surface area (Å²) in [6, 6.07) is 52.7. The summed E-state index contributed by atoms with van der Waals surface area (Å²) in [6.45, 7) is 0. The summed E-state index contributed by atoms with van der Waals surface area (Å²) >= 11 is 0. The minimum Gasteiger partial charge on any atom is -0.456 e. The molecule has 5 nitrogen and oxygen atoms in total. The predicted octanol–water partition coefficient (Wildman–Crippen LogP) is 7.64. The minimum absolute atomic E-state index is 0.195. The molecule has 8 aromatic carbocycles. The summed E-state index contributed by atoms with van der Waals surface area (Å²) in [7, 11) is 30.9. The van der Waals surface area contributed by atoms with E-state index in [4.69, 9.17) is 63.0 Å². The van der Waals surface area contributed by atoms with E-state index in [2.05, 4.69) is 54.6 Å². The van der Waals surface area contributed by atoms with E-state index in [9.17, 15) is 0 Å². The molecule has 0 saturated carbocycles. The van der Waals surface area contributed by atoms with Gasteiger partial charge in [-0.15, -0.1) is 16.4 Å². The first-order valence-electron chi connectivity index (χ1n) is 19.7. The highest BCUT2D eigenvalue weighted by molar-refractivity contribution is 6.68. The van der Waals surface area contributed by atoms with Gasteiger partial charge in [0.1, 0.15) is 61.6 Å². The van der Waals surface area contributed by atoms with Gasteiger partial charge in [-0.3, -0.25) is 0 Å². The van der Waals surface area contributed by atoms with Gasteiger partial charge in [0, 0.05) is 32.7 Å². The van der Waals surface area contributed by atoms with Gasteiger partial charge in [-0.1, -0.05) is 138 Å². The molecule has 3 aromatic heterocycles. The Hall–Kier alpha value is -7.31. The molecule has 0 N–H and O–H groups in total. The number of nitrogens with zero attached hydrogens (tertiary/aromatic N) is 3. The molecule has 0 amide bonds. The first kappa shape index (κ1) is 36.8. The van der Waals surface area contributed by atoms with E-state index in [1.165, 1.54) is 0 Å². The largest absolute Gasteiger partial charge is 0.456 e. The number of furan rings is 2. The molecule has 0 fully saturated rings. The van der Waals surface area contributed by atoms with Crippen LogP contribution in [0.5, 0.6) is 0 Å². The summed E-state index contributed by atoms with van der Waals surface area (Å²) in [5.74, 6) is 1.62. The average molecular weight is 767 g/mol. The highest BCUT2D eigenvalue weighted by Gasteiger charge is 2.21. The second-order valence-corrected chi connectivity index (χ2v) is 15.0. The van der Waals surface area contributed by atoms with Gasteiger partial charge < -0.3 is 8.83 Å². The minimum atomic E-state index is 0.195. The number of hydrogen-bond donors (Lipinski definition) is 0. The van der Waals surface area contributed by atoms with Crippen molar-refractivity contribution in [1.82, 2.24) is 15.0 Å². The molecule has 0 aliphatic rings. The van der Waals surface area contributed by atoms with Crippen LogP contribution in [0.4, 0.5) is 0 Å². The Morgan fingerprint density at radius 3 is 1.57 bits per heavy atom. The highest BCUT2D eigenvalue weighted by Crippen LogP contribution is 2.40. The van der Waals surface area contributed by atoms with Crippen LogP contribution in [-0.4, -0.2) is 54.2 Å². The molecule has 10 heteroatoms. The second kappa shape index (κ2) is 14.5. The van der Waals surface area contributed by atoms with Crippen LogP contribution >= 0.6 is 0 Å². The van der Waals surface area contributed by atoms with Gasteiger partial charge in [-0.05, 0) is 63.7 Å². The quantitative estimate of drug-likeness (QED) is 0.163. The van der Waals surface area contributed by atoms with E-state index in [-0.39, 0.29) is 16.4 Å². The summed E-state index contributed by atoms with van der Waals surface area (Å²) < 4.78 is 13.0. The van der Waals surface area contributed by atoms with Crippen molar-refractivity contribution in [3.63, 3.8) is 0 Å². The lowest BCUT2D eigenvalue weighted by Crippen LogP contribution is -2.55. The van der Waals surface area contributed by atoms with Crippen LogP contribution in [-0.2, 0) is 0 Å². The fourth-order valence-corrected chi connectivity index (χ4v) is 8.29. The number of para-hydroxylation sites is 2. The van der Waals surface area contributed by atoms with Crippen LogP contribution in [0.2, 0.25) is 0 Å². The molecule has 0 aliphatic carbocycles. The zero-order valence-corrected chi connectivity index (χ0v) is 32.6. The third-order valence-electron chi connectivity index (χ3n) is 11.5. The Morgan fingerprint density at radius 2 is 0.852 bits per heavy atom.